The molecule has 0 amide bonds. The van der Waals surface area contributed by atoms with Crippen LogP contribution in [0.2, 0.25) is 0 Å². The summed E-state index contributed by atoms with van der Waals surface area (Å²) in [7, 11) is 4.00. The quantitative estimate of drug-likeness (QED) is 0.869. The van der Waals surface area contributed by atoms with E-state index in [9.17, 15) is 0 Å². The van der Waals surface area contributed by atoms with Crippen LogP contribution in [0.25, 0.3) is 0 Å². The van der Waals surface area contributed by atoms with Crippen LogP contribution in [-0.4, -0.2) is 37.2 Å². The largest absolute Gasteiger partial charge is 0.497 e. The molecular formula is C18H30N2O. The van der Waals surface area contributed by atoms with Crippen molar-refractivity contribution in [2.75, 3.05) is 20.7 Å². The van der Waals surface area contributed by atoms with Gasteiger partial charge in [-0.3, -0.25) is 4.90 Å². The third kappa shape index (κ3) is 3.09. The summed E-state index contributed by atoms with van der Waals surface area (Å²) < 4.78 is 5.41. The predicted octanol–water partition coefficient (Wildman–Crippen LogP) is 3.39. The molecule has 0 saturated carbocycles. The molecule has 0 bridgehead atoms. The highest BCUT2D eigenvalue weighted by atomic mass is 16.5. The van der Waals surface area contributed by atoms with Gasteiger partial charge in [-0.25, -0.2) is 0 Å². The molecule has 1 aromatic carbocycles. The standard InChI is InChI=1S/C18H30N2O/c1-7-18(3,4)20(5)16-11-13-9-10-14(21-6)12-15(13)17(16)19-8-2/h9-10,12,16-17,19H,7-8,11H2,1-6H3. The Labute approximate surface area is 129 Å². The second kappa shape index (κ2) is 6.37. The van der Waals surface area contributed by atoms with Crippen molar-refractivity contribution in [2.45, 2.75) is 58.2 Å². The average molecular weight is 290 g/mol. The molecule has 0 radical (unpaired) electrons. The number of methoxy groups -OCH3 is 1. The molecule has 1 aliphatic carbocycles. The van der Waals surface area contributed by atoms with E-state index in [-0.39, 0.29) is 5.54 Å². The van der Waals surface area contributed by atoms with Crippen LogP contribution >= 0.6 is 0 Å². The van der Waals surface area contributed by atoms with E-state index in [2.05, 4.69) is 63.2 Å². The lowest BCUT2D eigenvalue weighted by Gasteiger charge is -2.42. The second-order valence-corrected chi connectivity index (χ2v) is 6.65. The summed E-state index contributed by atoms with van der Waals surface area (Å²) in [5, 5.41) is 3.68. The van der Waals surface area contributed by atoms with Gasteiger partial charge < -0.3 is 10.1 Å². The highest BCUT2D eigenvalue weighted by Crippen LogP contribution is 2.38. The summed E-state index contributed by atoms with van der Waals surface area (Å²) >= 11 is 0. The van der Waals surface area contributed by atoms with E-state index in [4.69, 9.17) is 4.74 Å². The maximum absolute atomic E-state index is 5.41. The van der Waals surface area contributed by atoms with Gasteiger partial charge in [0, 0.05) is 17.6 Å². The summed E-state index contributed by atoms with van der Waals surface area (Å²) in [6.07, 6.45) is 2.26. The van der Waals surface area contributed by atoms with Crippen molar-refractivity contribution < 1.29 is 4.74 Å². The fourth-order valence-corrected chi connectivity index (χ4v) is 3.25. The molecule has 0 aliphatic heterocycles. The van der Waals surface area contributed by atoms with Gasteiger partial charge in [-0.1, -0.05) is 19.9 Å². The van der Waals surface area contributed by atoms with Crippen molar-refractivity contribution in [1.29, 1.82) is 0 Å². The number of nitrogens with one attached hydrogen (secondary N) is 1. The van der Waals surface area contributed by atoms with Gasteiger partial charge >= 0.3 is 0 Å². The van der Waals surface area contributed by atoms with Crippen LogP contribution in [0.5, 0.6) is 5.75 Å². The Hall–Kier alpha value is -1.06. The molecule has 1 aromatic rings. The minimum atomic E-state index is 0.213. The first kappa shape index (κ1) is 16.3. The van der Waals surface area contributed by atoms with Crippen molar-refractivity contribution in [3.05, 3.63) is 29.3 Å². The second-order valence-electron chi connectivity index (χ2n) is 6.65. The first-order valence-electron chi connectivity index (χ1n) is 8.07. The van der Waals surface area contributed by atoms with E-state index in [1.54, 1.807) is 7.11 Å². The van der Waals surface area contributed by atoms with Gasteiger partial charge in [-0.2, -0.15) is 0 Å². The Morgan fingerprint density at radius 3 is 2.62 bits per heavy atom. The van der Waals surface area contributed by atoms with E-state index >= 15 is 0 Å². The maximum Gasteiger partial charge on any atom is 0.119 e. The van der Waals surface area contributed by atoms with Crippen molar-refractivity contribution in [3.63, 3.8) is 0 Å². The van der Waals surface area contributed by atoms with Gasteiger partial charge in [-0.15, -0.1) is 0 Å². The fourth-order valence-electron chi connectivity index (χ4n) is 3.25. The maximum atomic E-state index is 5.41. The smallest absolute Gasteiger partial charge is 0.119 e. The van der Waals surface area contributed by atoms with E-state index < -0.39 is 0 Å². The van der Waals surface area contributed by atoms with Crippen LogP contribution in [0, 0.1) is 0 Å². The van der Waals surface area contributed by atoms with Gasteiger partial charge in [0.15, 0.2) is 0 Å². The van der Waals surface area contributed by atoms with Gasteiger partial charge in [0.25, 0.3) is 0 Å². The highest BCUT2D eigenvalue weighted by Gasteiger charge is 2.39. The van der Waals surface area contributed by atoms with Crippen molar-refractivity contribution in [1.82, 2.24) is 10.2 Å². The first-order valence-corrected chi connectivity index (χ1v) is 8.07. The third-order valence-electron chi connectivity index (χ3n) is 5.24. The normalized spacial score (nSPS) is 21.7. The topological polar surface area (TPSA) is 24.5 Å². The molecule has 0 saturated heterocycles. The minimum absolute atomic E-state index is 0.213. The number of ether oxygens (including phenoxy) is 1. The molecule has 0 heterocycles. The lowest BCUT2D eigenvalue weighted by molar-refractivity contribution is 0.0809. The van der Waals surface area contributed by atoms with Crippen molar-refractivity contribution in [3.8, 4) is 5.75 Å². The van der Waals surface area contributed by atoms with Crippen molar-refractivity contribution >= 4 is 0 Å². The number of benzene rings is 1. The van der Waals surface area contributed by atoms with Crippen LogP contribution in [-0.2, 0) is 6.42 Å². The summed E-state index contributed by atoms with van der Waals surface area (Å²) in [6.45, 7) is 10.1. The van der Waals surface area contributed by atoms with Crippen LogP contribution in [0.15, 0.2) is 18.2 Å². The molecule has 0 aromatic heterocycles. The summed E-state index contributed by atoms with van der Waals surface area (Å²) in [6, 6.07) is 7.40. The number of hydrogen-bond donors (Lipinski definition) is 1. The minimum Gasteiger partial charge on any atom is -0.497 e. The van der Waals surface area contributed by atoms with E-state index in [0.29, 0.717) is 12.1 Å². The van der Waals surface area contributed by atoms with Gasteiger partial charge in [-0.05, 0) is 63.5 Å². The number of hydrogen-bond acceptors (Lipinski definition) is 3. The fraction of sp³-hybridized carbons (Fsp3) is 0.667. The average Bonchev–Trinajstić information content (AvgIpc) is 2.84. The molecule has 1 aliphatic rings. The zero-order valence-corrected chi connectivity index (χ0v) is 14.4. The number of nitrogens with zero attached hydrogens (tertiary/aromatic N) is 1. The molecule has 3 heteroatoms. The van der Waals surface area contributed by atoms with Crippen molar-refractivity contribution in [2.24, 2.45) is 0 Å². The van der Waals surface area contributed by atoms with E-state index in [1.165, 1.54) is 11.1 Å². The Bertz CT molecular complexity index is 484. The monoisotopic (exact) mass is 290 g/mol. The van der Waals surface area contributed by atoms with Crippen LogP contribution in [0.1, 0.15) is 51.3 Å². The SMILES string of the molecule is CCNC1c2cc(OC)ccc2CC1N(C)C(C)(C)CC. The molecule has 3 nitrogen and oxygen atoms in total. The summed E-state index contributed by atoms with van der Waals surface area (Å²) in [4.78, 5) is 2.55. The molecule has 118 valence electrons. The Balaban J connectivity index is 2.33. The van der Waals surface area contributed by atoms with E-state index in [0.717, 1.165) is 25.1 Å². The molecule has 0 spiro atoms. The molecule has 1 N–H and O–H groups in total. The Kier molecular flexibility index (Phi) is 4.95. The Morgan fingerprint density at radius 2 is 2.05 bits per heavy atom. The molecule has 2 rings (SSSR count). The number of fused-ring (bicyclic) bond motifs is 1. The van der Waals surface area contributed by atoms with Crippen LogP contribution in [0.3, 0.4) is 0 Å². The Morgan fingerprint density at radius 1 is 1.33 bits per heavy atom. The molecule has 2 atom stereocenters. The number of likely N-dealkylation sites (N-methyl/N-ethyl adjacent to an activating group) is 2. The summed E-state index contributed by atoms with van der Waals surface area (Å²) in [5.41, 5.74) is 3.07. The number of rotatable bonds is 6. The van der Waals surface area contributed by atoms with Crippen LogP contribution < -0.4 is 10.1 Å². The molecular weight excluding hydrogens is 260 g/mol. The zero-order valence-electron chi connectivity index (χ0n) is 14.4. The van der Waals surface area contributed by atoms with Gasteiger partial charge in [0.2, 0.25) is 0 Å². The predicted molar refractivity (Wildman–Crippen MR) is 89.0 cm³/mol. The highest BCUT2D eigenvalue weighted by molar-refractivity contribution is 5.43. The van der Waals surface area contributed by atoms with Crippen LogP contribution in [0.4, 0.5) is 0 Å². The molecule has 0 fully saturated rings. The van der Waals surface area contributed by atoms with Gasteiger partial charge in [0.1, 0.15) is 5.75 Å². The lowest BCUT2D eigenvalue weighted by atomic mass is 9.95. The molecule has 2 unspecified atom stereocenters. The summed E-state index contributed by atoms with van der Waals surface area (Å²) in [5.74, 6) is 0.953. The third-order valence-corrected chi connectivity index (χ3v) is 5.24. The molecule has 21 heavy (non-hydrogen) atoms. The lowest BCUT2D eigenvalue weighted by Crippen LogP contribution is -2.51. The van der Waals surface area contributed by atoms with E-state index in [1.807, 2.05) is 0 Å². The first-order chi connectivity index (χ1) is 9.94. The zero-order chi connectivity index (χ0) is 15.6. The van der Waals surface area contributed by atoms with Gasteiger partial charge in [0.05, 0.1) is 7.11 Å².